The second-order valence-electron chi connectivity index (χ2n) is 5.33. The molecular formula is C16H30N4. The molecule has 0 aliphatic rings. The molecular weight excluding hydrogens is 248 g/mol. The standard InChI is InChI=1S/C16H30N4/c1-5-9-17-16-11-18-15(10-19-16)13-20(8-4)12-14(6-2)7-3/h10-11,14H,5-9,12-13H2,1-4H3,(H,17,19). The third kappa shape index (κ3) is 5.87. The van der Waals surface area contributed by atoms with E-state index in [-0.39, 0.29) is 0 Å². The van der Waals surface area contributed by atoms with E-state index in [2.05, 4.69) is 47.9 Å². The van der Waals surface area contributed by atoms with E-state index in [4.69, 9.17) is 0 Å². The lowest BCUT2D eigenvalue weighted by molar-refractivity contribution is 0.224. The first-order valence-electron chi connectivity index (χ1n) is 8.00. The lowest BCUT2D eigenvalue weighted by atomic mass is 10.0. The van der Waals surface area contributed by atoms with Gasteiger partial charge in [0.25, 0.3) is 0 Å². The monoisotopic (exact) mass is 278 g/mol. The Balaban J connectivity index is 2.52. The van der Waals surface area contributed by atoms with E-state index in [1.807, 2.05) is 12.4 Å². The zero-order chi connectivity index (χ0) is 14.8. The number of nitrogens with zero attached hydrogens (tertiary/aromatic N) is 3. The summed E-state index contributed by atoms with van der Waals surface area (Å²) >= 11 is 0. The molecule has 0 unspecified atom stereocenters. The molecule has 4 heteroatoms. The Bertz CT molecular complexity index is 346. The van der Waals surface area contributed by atoms with E-state index in [1.54, 1.807) is 0 Å². The highest BCUT2D eigenvalue weighted by Gasteiger charge is 2.11. The number of nitrogens with one attached hydrogen (secondary N) is 1. The van der Waals surface area contributed by atoms with Crippen LogP contribution in [-0.2, 0) is 6.54 Å². The maximum atomic E-state index is 4.51. The Morgan fingerprint density at radius 3 is 2.35 bits per heavy atom. The molecule has 1 aromatic rings. The summed E-state index contributed by atoms with van der Waals surface area (Å²) in [6, 6.07) is 0. The zero-order valence-electron chi connectivity index (χ0n) is 13.5. The molecule has 0 aliphatic heterocycles. The zero-order valence-corrected chi connectivity index (χ0v) is 13.5. The molecule has 114 valence electrons. The smallest absolute Gasteiger partial charge is 0.144 e. The van der Waals surface area contributed by atoms with Crippen molar-refractivity contribution in [2.75, 3.05) is 25.0 Å². The first kappa shape index (κ1) is 16.9. The highest BCUT2D eigenvalue weighted by Crippen LogP contribution is 2.12. The van der Waals surface area contributed by atoms with Gasteiger partial charge in [0.15, 0.2) is 0 Å². The van der Waals surface area contributed by atoms with Gasteiger partial charge in [-0.3, -0.25) is 9.88 Å². The van der Waals surface area contributed by atoms with Gasteiger partial charge in [0, 0.05) is 19.6 Å². The molecule has 0 radical (unpaired) electrons. The Hall–Kier alpha value is -1.16. The number of hydrogen-bond donors (Lipinski definition) is 1. The van der Waals surface area contributed by atoms with Crippen LogP contribution < -0.4 is 5.32 Å². The van der Waals surface area contributed by atoms with Crippen LogP contribution in [0.1, 0.15) is 52.7 Å². The Morgan fingerprint density at radius 2 is 1.85 bits per heavy atom. The fourth-order valence-electron chi connectivity index (χ4n) is 2.23. The van der Waals surface area contributed by atoms with Crippen molar-refractivity contribution in [3.8, 4) is 0 Å². The van der Waals surface area contributed by atoms with Gasteiger partial charge in [-0.05, 0) is 18.9 Å². The minimum Gasteiger partial charge on any atom is -0.369 e. The Labute approximate surface area is 124 Å². The average molecular weight is 278 g/mol. The van der Waals surface area contributed by atoms with E-state index in [0.29, 0.717) is 0 Å². The maximum Gasteiger partial charge on any atom is 0.144 e. The molecule has 0 fully saturated rings. The SMILES string of the molecule is CCCNc1cnc(CN(CC)CC(CC)CC)cn1. The van der Waals surface area contributed by atoms with Crippen molar-refractivity contribution in [3.05, 3.63) is 18.1 Å². The number of anilines is 1. The van der Waals surface area contributed by atoms with Crippen molar-refractivity contribution >= 4 is 5.82 Å². The molecule has 1 aromatic heterocycles. The van der Waals surface area contributed by atoms with E-state index < -0.39 is 0 Å². The quantitative estimate of drug-likeness (QED) is 0.710. The third-order valence-corrected chi connectivity index (χ3v) is 3.77. The predicted octanol–water partition coefficient (Wildman–Crippen LogP) is 3.56. The fraction of sp³-hybridized carbons (Fsp3) is 0.750. The molecule has 0 atom stereocenters. The van der Waals surface area contributed by atoms with Gasteiger partial charge in [0.2, 0.25) is 0 Å². The van der Waals surface area contributed by atoms with Crippen molar-refractivity contribution in [1.82, 2.24) is 14.9 Å². The molecule has 1 rings (SSSR count). The van der Waals surface area contributed by atoms with Gasteiger partial charge >= 0.3 is 0 Å². The molecule has 4 nitrogen and oxygen atoms in total. The summed E-state index contributed by atoms with van der Waals surface area (Å²) < 4.78 is 0. The number of hydrogen-bond acceptors (Lipinski definition) is 4. The van der Waals surface area contributed by atoms with E-state index in [1.165, 1.54) is 12.8 Å². The van der Waals surface area contributed by atoms with Crippen LogP contribution >= 0.6 is 0 Å². The minimum absolute atomic E-state index is 0.786. The van der Waals surface area contributed by atoms with Gasteiger partial charge in [0.05, 0.1) is 18.1 Å². The second kappa shape index (κ2) is 9.70. The minimum atomic E-state index is 0.786. The van der Waals surface area contributed by atoms with Crippen molar-refractivity contribution in [1.29, 1.82) is 0 Å². The van der Waals surface area contributed by atoms with E-state index in [0.717, 1.165) is 50.0 Å². The van der Waals surface area contributed by atoms with Crippen LogP contribution in [0.5, 0.6) is 0 Å². The van der Waals surface area contributed by atoms with E-state index >= 15 is 0 Å². The van der Waals surface area contributed by atoms with Gasteiger partial charge in [-0.25, -0.2) is 4.98 Å². The molecule has 0 saturated carbocycles. The van der Waals surface area contributed by atoms with Crippen LogP contribution in [0.25, 0.3) is 0 Å². The molecule has 0 saturated heterocycles. The van der Waals surface area contributed by atoms with Crippen molar-refractivity contribution in [3.63, 3.8) is 0 Å². The summed E-state index contributed by atoms with van der Waals surface area (Å²) in [6.07, 6.45) is 7.34. The number of rotatable bonds is 10. The summed E-state index contributed by atoms with van der Waals surface area (Å²) in [6.45, 7) is 13.0. The van der Waals surface area contributed by atoms with Crippen molar-refractivity contribution in [2.24, 2.45) is 5.92 Å². The average Bonchev–Trinajstić information content (AvgIpc) is 2.50. The highest BCUT2D eigenvalue weighted by atomic mass is 15.1. The van der Waals surface area contributed by atoms with Crippen LogP contribution in [-0.4, -0.2) is 34.5 Å². The summed E-state index contributed by atoms with van der Waals surface area (Å²) in [5.74, 6) is 1.66. The fourth-order valence-corrected chi connectivity index (χ4v) is 2.23. The Kier molecular flexibility index (Phi) is 8.19. The van der Waals surface area contributed by atoms with Crippen LogP contribution in [0.4, 0.5) is 5.82 Å². The van der Waals surface area contributed by atoms with Crippen molar-refractivity contribution < 1.29 is 0 Å². The summed E-state index contributed by atoms with van der Waals surface area (Å²) in [7, 11) is 0. The molecule has 1 heterocycles. The summed E-state index contributed by atoms with van der Waals surface area (Å²) in [5.41, 5.74) is 1.06. The summed E-state index contributed by atoms with van der Waals surface area (Å²) in [4.78, 5) is 11.4. The second-order valence-corrected chi connectivity index (χ2v) is 5.33. The van der Waals surface area contributed by atoms with E-state index in [9.17, 15) is 0 Å². The molecule has 20 heavy (non-hydrogen) atoms. The Morgan fingerprint density at radius 1 is 1.10 bits per heavy atom. The highest BCUT2D eigenvalue weighted by molar-refractivity contribution is 5.30. The maximum absolute atomic E-state index is 4.51. The number of aromatic nitrogens is 2. The topological polar surface area (TPSA) is 41.1 Å². The van der Waals surface area contributed by atoms with Crippen LogP contribution in [0.2, 0.25) is 0 Å². The van der Waals surface area contributed by atoms with Crippen LogP contribution in [0, 0.1) is 5.92 Å². The third-order valence-electron chi connectivity index (χ3n) is 3.77. The molecule has 0 aromatic carbocycles. The predicted molar refractivity (Wildman–Crippen MR) is 85.8 cm³/mol. The van der Waals surface area contributed by atoms with Gasteiger partial charge in [-0.15, -0.1) is 0 Å². The molecule has 1 N–H and O–H groups in total. The largest absolute Gasteiger partial charge is 0.369 e. The summed E-state index contributed by atoms with van der Waals surface area (Å²) in [5, 5.41) is 3.25. The van der Waals surface area contributed by atoms with Gasteiger partial charge in [-0.2, -0.15) is 0 Å². The first-order chi connectivity index (χ1) is 9.73. The normalized spacial score (nSPS) is 11.3. The molecule has 0 bridgehead atoms. The molecule has 0 amide bonds. The van der Waals surface area contributed by atoms with Crippen LogP contribution in [0.3, 0.4) is 0 Å². The van der Waals surface area contributed by atoms with Gasteiger partial charge < -0.3 is 5.32 Å². The lowest BCUT2D eigenvalue weighted by Gasteiger charge is -2.24. The first-order valence-corrected chi connectivity index (χ1v) is 8.00. The molecule has 0 aliphatic carbocycles. The lowest BCUT2D eigenvalue weighted by Crippen LogP contribution is -2.29. The van der Waals surface area contributed by atoms with Gasteiger partial charge in [0.1, 0.15) is 5.82 Å². The van der Waals surface area contributed by atoms with Crippen molar-refractivity contribution in [2.45, 2.75) is 53.5 Å². The molecule has 0 spiro atoms. The van der Waals surface area contributed by atoms with Crippen LogP contribution in [0.15, 0.2) is 12.4 Å². The van der Waals surface area contributed by atoms with Gasteiger partial charge in [-0.1, -0.05) is 40.5 Å².